The summed E-state index contributed by atoms with van der Waals surface area (Å²) in [6, 6.07) is 8.27. The molecule has 0 spiro atoms. The number of nitrogens with zero attached hydrogens (tertiary/aromatic N) is 4. The van der Waals surface area contributed by atoms with Crippen molar-refractivity contribution in [3.63, 3.8) is 0 Å². The lowest BCUT2D eigenvalue weighted by Gasteiger charge is -2.18. The molecular weight excluding hydrogens is 312 g/mol. The Labute approximate surface area is 139 Å². The Hall–Kier alpha value is -2.02. The van der Waals surface area contributed by atoms with E-state index in [0.29, 0.717) is 18.3 Å². The summed E-state index contributed by atoms with van der Waals surface area (Å²) in [5.74, 6) is 1.22. The van der Waals surface area contributed by atoms with Crippen molar-refractivity contribution in [1.82, 2.24) is 19.7 Å². The van der Waals surface area contributed by atoms with Crippen LogP contribution in [0.1, 0.15) is 24.4 Å². The highest BCUT2D eigenvalue weighted by atomic mass is 32.2. The van der Waals surface area contributed by atoms with Crippen LogP contribution in [0.25, 0.3) is 0 Å². The molecule has 1 aliphatic rings. The molecule has 0 radical (unpaired) electrons. The van der Waals surface area contributed by atoms with Gasteiger partial charge in [0.05, 0.1) is 12.9 Å². The molecular formula is C16H20N4O2S. The van der Waals surface area contributed by atoms with Gasteiger partial charge in [0.1, 0.15) is 12.1 Å². The van der Waals surface area contributed by atoms with E-state index < -0.39 is 0 Å². The zero-order valence-electron chi connectivity index (χ0n) is 13.3. The summed E-state index contributed by atoms with van der Waals surface area (Å²) in [4.78, 5) is 14.1. The maximum atomic E-state index is 12.3. The van der Waals surface area contributed by atoms with Crippen LogP contribution in [-0.4, -0.2) is 45.5 Å². The van der Waals surface area contributed by atoms with Gasteiger partial charge in [-0.05, 0) is 18.9 Å². The van der Waals surface area contributed by atoms with Crippen LogP contribution in [0.5, 0.6) is 5.75 Å². The van der Waals surface area contributed by atoms with Gasteiger partial charge >= 0.3 is 0 Å². The molecule has 23 heavy (non-hydrogen) atoms. The molecule has 0 N–H and O–H groups in total. The van der Waals surface area contributed by atoms with Gasteiger partial charge in [-0.15, -0.1) is 10.2 Å². The van der Waals surface area contributed by atoms with Crippen LogP contribution in [0, 0.1) is 0 Å². The van der Waals surface area contributed by atoms with E-state index in [1.807, 2.05) is 24.3 Å². The standard InChI is InChI=1S/C16H20N4O2S/c1-19(9-12-5-3-4-6-14(12)22-2)15(21)10-23-16-18-17-11-20(16)13-7-8-13/h3-6,11,13H,7-10H2,1-2H3. The van der Waals surface area contributed by atoms with E-state index in [1.54, 1.807) is 25.4 Å². The fourth-order valence-corrected chi connectivity index (χ4v) is 3.28. The van der Waals surface area contributed by atoms with Crippen molar-refractivity contribution in [1.29, 1.82) is 0 Å². The molecule has 1 saturated carbocycles. The first-order valence-electron chi connectivity index (χ1n) is 7.57. The lowest BCUT2D eigenvalue weighted by molar-refractivity contribution is -0.127. The predicted molar refractivity (Wildman–Crippen MR) is 88.5 cm³/mol. The monoisotopic (exact) mass is 332 g/mol. The van der Waals surface area contributed by atoms with Crippen LogP contribution in [0.15, 0.2) is 35.7 Å². The minimum atomic E-state index is 0.0613. The molecule has 0 aliphatic heterocycles. The number of hydrogen-bond acceptors (Lipinski definition) is 5. The van der Waals surface area contributed by atoms with E-state index in [9.17, 15) is 4.79 Å². The van der Waals surface area contributed by atoms with E-state index in [1.165, 1.54) is 24.6 Å². The number of methoxy groups -OCH3 is 1. The van der Waals surface area contributed by atoms with Crippen LogP contribution < -0.4 is 4.74 Å². The van der Waals surface area contributed by atoms with Crippen molar-refractivity contribution in [2.24, 2.45) is 0 Å². The third-order valence-corrected chi connectivity index (χ3v) is 4.77. The Kier molecular flexibility index (Phi) is 4.85. The number of benzene rings is 1. The molecule has 3 rings (SSSR count). The van der Waals surface area contributed by atoms with E-state index in [4.69, 9.17) is 4.74 Å². The number of thioether (sulfide) groups is 1. The van der Waals surface area contributed by atoms with E-state index in [2.05, 4.69) is 14.8 Å². The van der Waals surface area contributed by atoms with Crippen LogP contribution in [0.4, 0.5) is 0 Å². The van der Waals surface area contributed by atoms with Crippen molar-refractivity contribution < 1.29 is 9.53 Å². The predicted octanol–water partition coefficient (Wildman–Crippen LogP) is 2.37. The summed E-state index contributed by atoms with van der Waals surface area (Å²) in [7, 11) is 3.45. The Morgan fingerprint density at radius 2 is 2.22 bits per heavy atom. The van der Waals surface area contributed by atoms with Crippen molar-refractivity contribution in [2.45, 2.75) is 30.6 Å². The van der Waals surface area contributed by atoms with Gasteiger partial charge in [0.25, 0.3) is 0 Å². The Morgan fingerprint density at radius 1 is 1.43 bits per heavy atom. The first-order chi connectivity index (χ1) is 11.2. The second kappa shape index (κ2) is 7.04. The Bertz CT molecular complexity index is 684. The molecule has 1 aliphatic carbocycles. The molecule has 1 amide bonds. The summed E-state index contributed by atoms with van der Waals surface area (Å²) in [6.45, 7) is 0.527. The second-order valence-electron chi connectivity index (χ2n) is 5.60. The van der Waals surface area contributed by atoms with Gasteiger partial charge in [0.2, 0.25) is 5.91 Å². The summed E-state index contributed by atoms with van der Waals surface area (Å²) in [5, 5.41) is 8.88. The first-order valence-corrected chi connectivity index (χ1v) is 8.55. The van der Waals surface area contributed by atoms with Crippen molar-refractivity contribution in [3.05, 3.63) is 36.2 Å². The minimum absolute atomic E-state index is 0.0613. The van der Waals surface area contributed by atoms with Gasteiger partial charge in [-0.3, -0.25) is 4.79 Å². The van der Waals surface area contributed by atoms with Gasteiger partial charge in [-0.25, -0.2) is 0 Å². The van der Waals surface area contributed by atoms with Crippen molar-refractivity contribution in [2.75, 3.05) is 19.9 Å². The molecule has 0 atom stereocenters. The molecule has 0 saturated heterocycles. The van der Waals surface area contributed by atoms with Crippen LogP contribution in [0.2, 0.25) is 0 Å². The molecule has 6 nitrogen and oxygen atoms in total. The quantitative estimate of drug-likeness (QED) is 0.729. The second-order valence-corrected chi connectivity index (χ2v) is 6.54. The number of aromatic nitrogens is 3. The average molecular weight is 332 g/mol. The van der Waals surface area contributed by atoms with Crippen molar-refractivity contribution in [3.8, 4) is 5.75 Å². The normalized spacial score (nSPS) is 13.8. The zero-order valence-corrected chi connectivity index (χ0v) is 14.1. The molecule has 2 aromatic rings. The van der Waals surface area contributed by atoms with Crippen molar-refractivity contribution >= 4 is 17.7 Å². The van der Waals surface area contributed by atoms with E-state index in [0.717, 1.165) is 16.5 Å². The van der Waals surface area contributed by atoms with Gasteiger partial charge in [-0.1, -0.05) is 30.0 Å². The zero-order chi connectivity index (χ0) is 16.2. The van der Waals surface area contributed by atoms with E-state index in [-0.39, 0.29) is 5.91 Å². The lowest BCUT2D eigenvalue weighted by Crippen LogP contribution is -2.28. The molecule has 0 bridgehead atoms. The first kappa shape index (κ1) is 15.9. The van der Waals surface area contributed by atoms with E-state index >= 15 is 0 Å². The lowest BCUT2D eigenvalue weighted by atomic mass is 10.2. The topological polar surface area (TPSA) is 60.2 Å². The number of carbonyl (C=O) groups is 1. The highest BCUT2D eigenvalue weighted by Crippen LogP contribution is 2.37. The fraction of sp³-hybridized carbons (Fsp3) is 0.438. The average Bonchev–Trinajstić information content (AvgIpc) is 3.31. The summed E-state index contributed by atoms with van der Waals surface area (Å²) in [5.41, 5.74) is 0.997. The molecule has 1 aromatic heterocycles. The number of para-hydroxylation sites is 1. The summed E-state index contributed by atoms with van der Waals surface area (Å²) >= 11 is 1.45. The third kappa shape index (κ3) is 3.85. The molecule has 1 fully saturated rings. The number of rotatable bonds is 7. The van der Waals surface area contributed by atoms with Crippen LogP contribution in [0.3, 0.4) is 0 Å². The Morgan fingerprint density at radius 3 is 2.96 bits per heavy atom. The molecule has 7 heteroatoms. The van der Waals surface area contributed by atoms with Gasteiger partial charge in [0, 0.05) is 25.2 Å². The third-order valence-electron chi connectivity index (χ3n) is 3.83. The van der Waals surface area contributed by atoms with Gasteiger partial charge in [-0.2, -0.15) is 0 Å². The largest absolute Gasteiger partial charge is 0.496 e. The Balaban J connectivity index is 1.56. The summed E-state index contributed by atoms with van der Waals surface area (Å²) < 4.78 is 7.40. The maximum absolute atomic E-state index is 12.3. The minimum Gasteiger partial charge on any atom is -0.496 e. The summed E-state index contributed by atoms with van der Waals surface area (Å²) in [6.07, 6.45) is 4.10. The fourth-order valence-electron chi connectivity index (χ4n) is 2.35. The SMILES string of the molecule is COc1ccccc1CN(C)C(=O)CSc1nncn1C1CC1. The van der Waals surface area contributed by atoms with Gasteiger partial charge < -0.3 is 14.2 Å². The number of hydrogen-bond donors (Lipinski definition) is 0. The maximum Gasteiger partial charge on any atom is 0.233 e. The highest BCUT2D eigenvalue weighted by molar-refractivity contribution is 7.99. The molecule has 0 unspecified atom stereocenters. The molecule has 1 heterocycles. The molecule has 122 valence electrons. The number of carbonyl (C=O) groups excluding carboxylic acids is 1. The molecule has 1 aromatic carbocycles. The highest BCUT2D eigenvalue weighted by Gasteiger charge is 2.26. The number of amides is 1. The number of ether oxygens (including phenoxy) is 1. The van der Waals surface area contributed by atoms with Gasteiger partial charge in [0.15, 0.2) is 5.16 Å². The smallest absolute Gasteiger partial charge is 0.233 e. The van der Waals surface area contributed by atoms with Crippen LogP contribution >= 0.6 is 11.8 Å². The van der Waals surface area contributed by atoms with Crippen LogP contribution in [-0.2, 0) is 11.3 Å².